The Balaban J connectivity index is 1.47. The summed E-state index contributed by atoms with van der Waals surface area (Å²) in [7, 11) is 0. The normalized spacial score (nSPS) is 16.0. The number of rotatable bonds is 12. The van der Waals surface area contributed by atoms with Gasteiger partial charge in [0.05, 0.1) is 51.9 Å². The molecule has 7 nitrogen and oxygen atoms in total. The van der Waals surface area contributed by atoms with Crippen molar-refractivity contribution in [3.05, 3.63) is 11.9 Å². The van der Waals surface area contributed by atoms with Crippen molar-refractivity contribution in [3.8, 4) is 0 Å². The van der Waals surface area contributed by atoms with Gasteiger partial charge < -0.3 is 19.9 Å². The molecule has 0 unspecified atom stereocenters. The van der Waals surface area contributed by atoms with E-state index in [0.717, 1.165) is 12.2 Å². The Bertz CT molecular complexity index is 413. The summed E-state index contributed by atoms with van der Waals surface area (Å²) in [6, 6.07) is 0. The lowest BCUT2D eigenvalue weighted by Gasteiger charge is -2.18. The summed E-state index contributed by atoms with van der Waals surface area (Å²) in [6.45, 7) is 4.80. The summed E-state index contributed by atoms with van der Waals surface area (Å²) in [5.74, 6) is 3.05. The molecular formula is C15H28N4O3S. The molecule has 0 spiro atoms. The second-order valence-electron chi connectivity index (χ2n) is 5.42. The zero-order chi connectivity index (χ0) is 16.2. The SMILES string of the molecule is NCCOCCOCCOCCn1cc(C2CCSCC2)nn1. The van der Waals surface area contributed by atoms with Crippen molar-refractivity contribution in [2.24, 2.45) is 5.73 Å². The average molecular weight is 344 g/mol. The molecule has 23 heavy (non-hydrogen) atoms. The van der Waals surface area contributed by atoms with Crippen LogP contribution in [0.4, 0.5) is 0 Å². The number of thioether (sulfide) groups is 1. The fourth-order valence-corrected chi connectivity index (χ4v) is 3.49. The molecule has 2 N–H and O–H groups in total. The van der Waals surface area contributed by atoms with E-state index in [1.165, 1.54) is 24.3 Å². The number of hydrogen-bond donors (Lipinski definition) is 1. The van der Waals surface area contributed by atoms with E-state index in [9.17, 15) is 0 Å². The Hall–Kier alpha value is -0.670. The van der Waals surface area contributed by atoms with Crippen LogP contribution in [0.25, 0.3) is 0 Å². The summed E-state index contributed by atoms with van der Waals surface area (Å²) in [4.78, 5) is 0. The van der Waals surface area contributed by atoms with Crippen molar-refractivity contribution < 1.29 is 14.2 Å². The first-order chi connectivity index (χ1) is 11.4. The molecule has 1 fully saturated rings. The first kappa shape index (κ1) is 18.7. The molecule has 0 saturated carbocycles. The molecule has 1 aromatic rings. The van der Waals surface area contributed by atoms with Crippen LogP contribution in [0.2, 0.25) is 0 Å². The molecule has 132 valence electrons. The van der Waals surface area contributed by atoms with Crippen LogP contribution in [0.1, 0.15) is 24.5 Å². The predicted molar refractivity (Wildman–Crippen MR) is 90.8 cm³/mol. The molecule has 0 atom stereocenters. The molecule has 1 aromatic heterocycles. The van der Waals surface area contributed by atoms with E-state index < -0.39 is 0 Å². The van der Waals surface area contributed by atoms with Crippen LogP contribution < -0.4 is 5.73 Å². The molecule has 0 amide bonds. The molecule has 0 radical (unpaired) electrons. The van der Waals surface area contributed by atoms with Gasteiger partial charge in [-0.1, -0.05) is 5.21 Å². The third-order valence-electron chi connectivity index (χ3n) is 3.67. The summed E-state index contributed by atoms with van der Waals surface area (Å²) < 4.78 is 18.0. The third-order valence-corrected chi connectivity index (χ3v) is 4.72. The molecule has 8 heteroatoms. The van der Waals surface area contributed by atoms with E-state index in [1.54, 1.807) is 0 Å². The van der Waals surface area contributed by atoms with Gasteiger partial charge in [-0.3, -0.25) is 0 Å². The second-order valence-corrected chi connectivity index (χ2v) is 6.64. The van der Waals surface area contributed by atoms with E-state index in [2.05, 4.69) is 16.5 Å². The quantitative estimate of drug-likeness (QED) is 0.564. The Morgan fingerprint density at radius 1 is 1.04 bits per heavy atom. The van der Waals surface area contributed by atoms with Crippen molar-refractivity contribution in [2.45, 2.75) is 25.3 Å². The van der Waals surface area contributed by atoms with E-state index in [1.807, 2.05) is 16.4 Å². The van der Waals surface area contributed by atoms with Crippen molar-refractivity contribution in [2.75, 3.05) is 57.7 Å². The van der Waals surface area contributed by atoms with Crippen LogP contribution in [0.15, 0.2) is 6.20 Å². The Morgan fingerprint density at radius 3 is 2.39 bits per heavy atom. The molecule has 2 rings (SSSR count). The highest BCUT2D eigenvalue weighted by Gasteiger charge is 2.18. The number of nitrogens with two attached hydrogens (primary N) is 1. The van der Waals surface area contributed by atoms with Gasteiger partial charge in [0.1, 0.15) is 0 Å². The molecule has 0 aliphatic carbocycles. The third kappa shape index (κ3) is 7.63. The first-order valence-corrected chi connectivity index (χ1v) is 9.46. The molecule has 1 saturated heterocycles. The van der Waals surface area contributed by atoms with Gasteiger partial charge in [-0.15, -0.1) is 5.10 Å². The Labute approximate surface area is 142 Å². The predicted octanol–water partition coefficient (Wildman–Crippen LogP) is 0.897. The van der Waals surface area contributed by atoms with Crippen LogP contribution in [0, 0.1) is 0 Å². The fourth-order valence-electron chi connectivity index (χ4n) is 2.39. The zero-order valence-electron chi connectivity index (χ0n) is 13.7. The molecule has 1 aliphatic rings. The van der Waals surface area contributed by atoms with Crippen LogP contribution in [-0.2, 0) is 20.8 Å². The largest absolute Gasteiger partial charge is 0.378 e. The summed E-state index contributed by atoms with van der Waals surface area (Å²) in [6.07, 6.45) is 4.49. The van der Waals surface area contributed by atoms with Crippen molar-refractivity contribution in [3.63, 3.8) is 0 Å². The minimum atomic E-state index is 0.548. The van der Waals surface area contributed by atoms with Crippen LogP contribution in [0.3, 0.4) is 0 Å². The molecule has 2 heterocycles. The van der Waals surface area contributed by atoms with Gasteiger partial charge in [-0.2, -0.15) is 11.8 Å². The van der Waals surface area contributed by atoms with E-state index in [-0.39, 0.29) is 0 Å². The zero-order valence-corrected chi connectivity index (χ0v) is 14.5. The van der Waals surface area contributed by atoms with Crippen LogP contribution in [-0.4, -0.2) is 72.7 Å². The van der Waals surface area contributed by atoms with Gasteiger partial charge in [-0.05, 0) is 24.3 Å². The summed E-state index contributed by atoms with van der Waals surface area (Å²) in [5.41, 5.74) is 6.45. The van der Waals surface area contributed by atoms with Crippen LogP contribution >= 0.6 is 11.8 Å². The fraction of sp³-hybridized carbons (Fsp3) is 0.867. The monoisotopic (exact) mass is 344 g/mol. The minimum absolute atomic E-state index is 0.548. The lowest BCUT2D eigenvalue weighted by Crippen LogP contribution is -2.14. The lowest BCUT2D eigenvalue weighted by molar-refractivity contribution is 0.0141. The summed E-state index contributed by atoms with van der Waals surface area (Å²) >= 11 is 2.03. The highest BCUT2D eigenvalue weighted by atomic mass is 32.2. The highest BCUT2D eigenvalue weighted by molar-refractivity contribution is 7.99. The number of hydrogen-bond acceptors (Lipinski definition) is 7. The number of nitrogens with zero attached hydrogens (tertiary/aromatic N) is 3. The van der Waals surface area contributed by atoms with Gasteiger partial charge in [0.25, 0.3) is 0 Å². The Kier molecular flexibility index (Phi) is 9.58. The van der Waals surface area contributed by atoms with Crippen molar-refractivity contribution in [1.82, 2.24) is 15.0 Å². The highest BCUT2D eigenvalue weighted by Crippen LogP contribution is 2.29. The van der Waals surface area contributed by atoms with Gasteiger partial charge >= 0.3 is 0 Å². The van der Waals surface area contributed by atoms with E-state index in [4.69, 9.17) is 19.9 Å². The maximum atomic E-state index is 5.54. The number of aromatic nitrogens is 3. The maximum absolute atomic E-state index is 5.54. The van der Waals surface area contributed by atoms with Gasteiger partial charge in [0.2, 0.25) is 0 Å². The van der Waals surface area contributed by atoms with Gasteiger partial charge in [0, 0.05) is 18.7 Å². The van der Waals surface area contributed by atoms with Crippen LogP contribution in [0.5, 0.6) is 0 Å². The topological polar surface area (TPSA) is 84.4 Å². The van der Waals surface area contributed by atoms with Gasteiger partial charge in [-0.25, -0.2) is 4.68 Å². The minimum Gasteiger partial charge on any atom is -0.378 e. The van der Waals surface area contributed by atoms with E-state index in [0.29, 0.717) is 52.1 Å². The van der Waals surface area contributed by atoms with Gasteiger partial charge in [0.15, 0.2) is 0 Å². The average Bonchev–Trinajstić information content (AvgIpc) is 3.06. The lowest BCUT2D eigenvalue weighted by atomic mass is 10.00. The van der Waals surface area contributed by atoms with Crippen molar-refractivity contribution >= 4 is 11.8 Å². The molecule has 0 bridgehead atoms. The Morgan fingerprint density at radius 2 is 1.70 bits per heavy atom. The molecule has 1 aliphatic heterocycles. The number of ether oxygens (including phenoxy) is 3. The maximum Gasteiger partial charge on any atom is 0.0858 e. The first-order valence-electron chi connectivity index (χ1n) is 8.31. The standard InChI is InChI=1S/C15H28N4O3S/c16-3-5-20-7-9-22-10-8-21-6-4-19-13-15(17-18-19)14-1-11-23-12-2-14/h13-14H,1-12,16H2. The smallest absolute Gasteiger partial charge is 0.0858 e. The molecule has 0 aromatic carbocycles. The molecular weight excluding hydrogens is 316 g/mol. The summed E-state index contributed by atoms with van der Waals surface area (Å²) in [5, 5.41) is 8.49. The van der Waals surface area contributed by atoms with Crippen molar-refractivity contribution in [1.29, 1.82) is 0 Å². The second kappa shape index (κ2) is 11.8. The van der Waals surface area contributed by atoms with E-state index >= 15 is 0 Å².